The molecule has 0 aromatic heterocycles. The van der Waals surface area contributed by atoms with Crippen molar-refractivity contribution < 1.29 is 29.3 Å². The number of hydrogen-bond acceptors (Lipinski definition) is 8. The maximum absolute atomic E-state index is 11.1. The predicted molar refractivity (Wildman–Crippen MR) is 100 cm³/mol. The van der Waals surface area contributed by atoms with Gasteiger partial charge in [-0.2, -0.15) is 0 Å². The van der Waals surface area contributed by atoms with Crippen molar-refractivity contribution in [2.75, 3.05) is 19.5 Å². The number of non-ortho nitro benzene ring substituents is 1. The molecule has 0 spiro atoms. The SMILES string of the molecule is COC(OC)C1(C)Oc2ccccc2C(Nc2ccc([N+](=O)[O-])cc2O)C1O. The van der Waals surface area contributed by atoms with Crippen molar-refractivity contribution in [2.45, 2.75) is 31.0 Å². The van der Waals surface area contributed by atoms with Crippen LogP contribution < -0.4 is 10.1 Å². The third-order valence-electron chi connectivity index (χ3n) is 4.89. The molecule has 28 heavy (non-hydrogen) atoms. The Morgan fingerprint density at radius 1 is 1.25 bits per heavy atom. The molecule has 0 radical (unpaired) electrons. The fraction of sp³-hybridized carbons (Fsp3) is 0.368. The molecule has 0 fully saturated rings. The molecule has 1 heterocycles. The zero-order valence-electron chi connectivity index (χ0n) is 15.7. The summed E-state index contributed by atoms with van der Waals surface area (Å²) in [6, 6.07) is 10.1. The smallest absolute Gasteiger partial charge is 0.273 e. The topological polar surface area (TPSA) is 123 Å². The lowest BCUT2D eigenvalue weighted by molar-refractivity contribution is -0.384. The summed E-state index contributed by atoms with van der Waals surface area (Å²) in [6.07, 6.45) is -2.01. The first-order valence-electron chi connectivity index (χ1n) is 8.57. The van der Waals surface area contributed by atoms with Crippen LogP contribution in [-0.4, -0.2) is 47.4 Å². The van der Waals surface area contributed by atoms with Gasteiger partial charge >= 0.3 is 0 Å². The van der Waals surface area contributed by atoms with Gasteiger partial charge in [-0.3, -0.25) is 10.1 Å². The van der Waals surface area contributed by atoms with E-state index in [1.807, 2.05) is 0 Å². The Morgan fingerprint density at radius 3 is 2.54 bits per heavy atom. The fourth-order valence-corrected chi connectivity index (χ4v) is 3.46. The van der Waals surface area contributed by atoms with Crippen LogP contribution in [0.25, 0.3) is 0 Å². The summed E-state index contributed by atoms with van der Waals surface area (Å²) < 4.78 is 16.7. The number of aromatic hydroxyl groups is 1. The summed E-state index contributed by atoms with van der Waals surface area (Å²) in [4.78, 5) is 10.3. The number of nitro benzene ring substituents is 1. The Bertz CT molecular complexity index is 871. The van der Waals surface area contributed by atoms with Crippen LogP contribution in [0.1, 0.15) is 18.5 Å². The van der Waals surface area contributed by atoms with Crippen LogP contribution in [0.3, 0.4) is 0 Å². The van der Waals surface area contributed by atoms with Gasteiger partial charge < -0.3 is 29.7 Å². The molecular weight excluding hydrogens is 368 g/mol. The van der Waals surface area contributed by atoms with Crippen LogP contribution in [0, 0.1) is 10.1 Å². The van der Waals surface area contributed by atoms with E-state index in [-0.39, 0.29) is 17.1 Å². The first-order valence-corrected chi connectivity index (χ1v) is 8.57. The number of aliphatic hydroxyl groups is 1. The van der Waals surface area contributed by atoms with E-state index in [4.69, 9.17) is 14.2 Å². The lowest BCUT2D eigenvalue weighted by atomic mass is 9.84. The highest BCUT2D eigenvalue weighted by molar-refractivity contribution is 5.62. The second-order valence-corrected chi connectivity index (χ2v) is 6.65. The number of nitrogens with zero attached hydrogens (tertiary/aromatic N) is 1. The summed E-state index contributed by atoms with van der Waals surface area (Å²) in [7, 11) is 2.89. The maximum Gasteiger partial charge on any atom is 0.273 e. The third-order valence-corrected chi connectivity index (χ3v) is 4.89. The van der Waals surface area contributed by atoms with E-state index in [1.165, 1.54) is 26.4 Å². The number of rotatable bonds is 6. The van der Waals surface area contributed by atoms with Gasteiger partial charge in [-0.05, 0) is 19.1 Å². The van der Waals surface area contributed by atoms with E-state index in [9.17, 15) is 20.3 Å². The number of phenolic OH excluding ortho intramolecular Hbond substituents is 1. The molecule has 3 unspecified atom stereocenters. The number of benzene rings is 2. The van der Waals surface area contributed by atoms with Crippen LogP contribution in [0.15, 0.2) is 42.5 Å². The summed E-state index contributed by atoms with van der Waals surface area (Å²) in [6.45, 7) is 1.66. The third kappa shape index (κ3) is 3.35. The zero-order valence-corrected chi connectivity index (χ0v) is 15.7. The highest BCUT2D eigenvalue weighted by atomic mass is 16.7. The van der Waals surface area contributed by atoms with E-state index < -0.39 is 29.0 Å². The summed E-state index contributed by atoms with van der Waals surface area (Å²) >= 11 is 0. The van der Waals surface area contributed by atoms with E-state index in [0.29, 0.717) is 11.3 Å². The van der Waals surface area contributed by atoms with Gasteiger partial charge in [0.25, 0.3) is 5.69 Å². The Hall–Kier alpha value is -2.88. The molecule has 1 aliphatic rings. The number of para-hydroxylation sites is 1. The lowest BCUT2D eigenvalue weighted by Gasteiger charge is -2.46. The first-order chi connectivity index (χ1) is 13.3. The number of fused-ring (bicyclic) bond motifs is 1. The van der Waals surface area contributed by atoms with Gasteiger partial charge in [0.2, 0.25) is 0 Å². The summed E-state index contributed by atoms with van der Waals surface area (Å²) in [5, 5.41) is 35.3. The van der Waals surface area contributed by atoms with Crippen molar-refractivity contribution >= 4 is 11.4 Å². The lowest BCUT2D eigenvalue weighted by Crippen LogP contribution is -2.60. The number of aliphatic hydroxyl groups excluding tert-OH is 1. The monoisotopic (exact) mass is 390 g/mol. The summed E-state index contributed by atoms with van der Waals surface area (Å²) in [5.41, 5.74) is -0.595. The minimum absolute atomic E-state index is 0.236. The van der Waals surface area contributed by atoms with Crippen LogP contribution in [0.4, 0.5) is 11.4 Å². The van der Waals surface area contributed by atoms with Gasteiger partial charge in [0, 0.05) is 25.8 Å². The molecule has 9 nitrogen and oxygen atoms in total. The molecule has 1 aliphatic heterocycles. The van der Waals surface area contributed by atoms with E-state index >= 15 is 0 Å². The van der Waals surface area contributed by atoms with Crippen molar-refractivity contribution in [3.63, 3.8) is 0 Å². The van der Waals surface area contributed by atoms with Gasteiger partial charge in [-0.1, -0.05) is 18.2 Å². The number of phenols is 1. The molecule has 150 valence electrons. The van der Waals surface area contributed by atoms with Crippen molar-refractivity contribution in [1.29, 1.82) is 0 Å². The Morgan fingerprint density at radius 2 is 1.93 bits per heavy atom. The van der Waals surface area contributed by atoms with Crippen LogP contribution in [-0.2, 0) is 9.47 Å². The molecule has 3 N–H and O–H groups in total. The van der Waals surface area contributed by atoms with Gasteiger partial charge in [0.05, 0.1) is 22.7 Å². The quantitative estimate of drug-likeness (QED) is 0.298. The Labute approximate surface area is 161 Å². The van der Waals surface area contributed by atoms with E-state index in [0.717, 1.165) is 6.07 Å². The van der Waals surface area contributed by atoms with Crippen LogP contribution in [0.5, 0.6) is 11.5 Å². The highest BCUT2D eigenvalue weighted by Crippen LogP contribution is 2.44. The van der Waals surface area contributed by atoms with Crippen LogP contribution >= 0.6 is 0 Å². The molecular formula is C19H22N2O7. The highest BCUT2D eigenvalue weighted by Gasteiger charge is 2.52. The van der Waals surface area contributed by atoms with E-state index in [1.54, 1.807) is 31.2 Å². The Balaban J connectivity index is 2.02. The molecule has 3 atom stereocenters. The van der Waals surface area contributed by atoms with Gasteiger partial charge in [0.1, 0.15) is 17.6 Å². The second-order valence-electron chi connectivity index (χ2n) is 6.65. The minimum atomic E-state index is -1.26. The minimum Gasteiger partial charge on any atom is -0.506 e. The molecule has 0 saturated carbocycles. The predicted octanol–water partition coefficient (Wildman–Crippen LogP) is 2.58. The zero-order chi connectivity index (χ0) is 20.5. The molecule has 0 aliphatic carbocycles. The number of hydrogen-bond donors (Lipinski definition) is 3. The number of nitro groups is 1. The Kier molecular flexibility index (Phi) is 5.41. The fourth-order valence-electron chi connectivity index (χ4n) is 3.46. The number of nitrogens with one attached hydrogen (secondary N) is 1. The number of anilines is 1. The molecule has 0 amide bonds. The largest absolute Gasteiger partial charge is 0.506 e. The van der Waals surface area contributed by atoms with Gasteiger partial charge in [-0.25, -0.2) is 0 Å². The number of ether oxygens (including phenoxy) is 3. The van der Waals surface area contributed by atoms with Crippen molar-refractivity contribution in [2.24, 2.45) is 0 Å². The van der Waals surface area contributed by atoms with Crippen molar-refractivity contribution in [1.82, 2.24) is 0 Å². The molecule has 0 saturated heterocycles. The average molecular weight is 390 g/mol. The molecule has 3 rings (SSSR count). The second kappa shape index (κ2) is 7.63. The van der Waals surface area contributed by atoms with Crippen molar-refractivity contribution in [3.8, 4) is 11.5 Å². The van der Waals surface area contributed by atoms with Crippen molar-refractivity contribution in [3.05, 3.63) is 58.1 Å². The van der Waals surface area contributed by atoms with Gasteiger partial charge in [0.15, 0.2) is 11.9 Å². The normalized spacial score (nSPS) is 23.8. The first kappa shape index (κ1) is 19.9. The standard InChI is InChI=1S/C19H22N2O7/c1-19(18(26-2)27-3)17(23)16(12-6-4-5-7-15(12)28-19)20-13-9-8-11(21(24)25)10-14(13)22/h4-10,16-18,20,22-23H,1-3H3. The van der Waals surface area contributed by atoms with E-state index in [2.05, 4.69) is 5.32 Å². The number of methoxy groups -OCH3 is 2. The van der Waals surface area contributed by atoms with Crippen LogP contribution in [0.2, 0.25) is 0 Å². The molecule has 0 bridgehead atoms. The molecule has 2 aromatic carbocycles. The summed E-state index contributed by atoms with van der Waals surface area (Å²) in [5.74, 6) is 0.218. The van der Waals surface area contributed by atoms with Gasteiger partial charge in [-0.15, -0.1) is 0 Å². The average Bonchev–Trinajstić information content (AvgIpc) is 2.67. The molecule has 2 aromatic rings. The molecule has 9 heteroatoms. The maximum atomic E-state index is 11.1.